The number of nitrogens with one attached hydrogen (secondary N) is 1. The van der Waals surface area contributed by atoms with Crippen LogP contribution in [-0.4, -0.2) is 39.3 Å². The van der Waals surface area contributed by atoms with Gasteiger partial charge < -0.3 is 19.7 Å². The van der Waals surface area contributed by atoms with E-state index in [1.807, 2.05) is 13.8 Å². The first kappa shape index (κ1) is 15.9. The summed E-state index contributed by atoms with van der Waals surface area (Å²) in [5.74, 6) is 0.157. The Balaban J connectivity index is 1.64. The molecule has 1 unspecified atom stereocenters. The van der Waals surface area contributed by atoms with E-state index in [2.05, 4.69) is 15.5 Å². The molecule has 2 N–H and O–H groups in total. The molecule has 1 saturated heterocycles. The summed E-state index contributed by atoms with van der Waals surface area (Å²) in [6.07, 6.45) is 1.22. The maximum Gasteiger partial charge on any atom is 0.332 e. The zero-order valence-corrected chi connectivity index (χ0v) is 13.2. The Morgan fingerprint density at radius 2 is 1.91 bits per heavy atom. The summed E-state index contributed by atoms with van der Waals surface area (Å²) in [7, 11) is 0. The number of rotatable bonds is 6. The minimum absolute atomic E-state index is 0.0585. The summed E-state index contributed by atoms with van der Waals surface area (Å²) in [5, 5.41) is 15.8. The van der Waals surface area contributed by atoms with Gasteiger partial charge in [0.15, 0.2) is 11.9 Å². The summed E-state index contributed by atoms with van der Waals surface area (Å²) in [6, 6.07) is -0.407. The molecule has 1 aliphatic carbocycles. The Morgan fingerprint density at radius 3 is 2.48 bits per heavy atom. The third-order valence-electron chi connectivity index (χ3n) is 4.22. The predicted molar refractivity (Wildman–Crippen MR) is 77.5 cm³/mol. The van der Waals surface area contributed by atoms with E-state index in [0.29, 0.717) is 30.5 Å². The maximum atomic E-state index is 12.3. The molecule has 1 aromatic rings. The molecule has 1 saturated carbocycles. The molecule has 3 rings (SSSR count). The third-order valence-corrected chi connectivity index (χ3v) is 4.22. The van der Waals surface area contributed by atoms with Crippen LogP contribution in [0.3, 0.4) is 0 Å². The molecule has 1 aromatic heterocycles. The number of hydrogen-bond donors (Lipinski definition) is 2. The molecule has 2 heterocycles. The molecule has 0 bridgehead atoms. The van der Waals surface area contributed by atoms with Crippen molar-refractivity contribution in [3.8, 4) is 0 Å². The van der Waals surface area contributed by atoms with Gasteiger partial charge in [-0.15, -0.1) is 0 Å². The summed E-state index contributed by atoms with van der Waals surface area (Å²) >= 11 is 0. The average Bonchev–Trinajstić information content (AvgIpc) is 3.04. The zero-order chi connectivity index (χ0) is 16.6. The lowest BCUT2D eigenvalue weighted by atomic mass is 10.0. The number of nitrogens with zero attached hydrogens (tertiary/aromatic N) is 2. The van der Waals surface area contributed by atoms with Crippen molar-refractivity contribution >= 4 is 11.9 Å². The highest BCUT2D eigenvalue weighted by atomic mass is 16.5. The molecule has 2 aliphatic rings. The van der Waals surface area contributed by atoms with Gasteiger partial charge >= 0.3 is 5.97 Å². The summed E-state index contributed by atoms with van der Waals surface area (Å²) in [5.41, 5.74) is 0. The molecule has 2 fully saturated rings. The van der Waals surface area contributed by atoms with Crippen LogP contribution in [0.5, 0.6) is 0 Å². The van der Waals surface area contributed by atoms with Gasteiger partial charge in [0.05, 0.1) is 0 Å². The van der Waals surface area contributed by atoms with Gasteiger partial charge in [-0.1, -0.05) is 19.0 Å². The van der Waals surface area contributed by atoms with E-state index in [9.17, 15) is 9.59 Å². The molecule has 126 valence electrons. The second-order valence-electron chi connectivity index (χ2n) is 6.52. The van der Waals surface area contributed by atoms with Crippen LogP contribution >= 0.6 is 0 Å². The van der Waals surface area contributed by atoms with E-state index in [1.54, 1.807) is 0 Å². The van der Waals surface area contributed by atoms with Gasteiger partial charge in [-0.3, -0.25) is 4.79 Å². The fraction of sp³-hybridized carbons (Fsp3) is 0.733. The van der Waals surface area contributed by atoms with Crippen molar-refractivity contribution in [3.63, 3.8) is 0 Å². The van der Waals surface area contributed by atoms with Crippen LogP contribution in [0.2, 0.25) is 0 Å². The van der Waals surface area contributed by atoms with Crippen molar-refractivity contribution in [1.82, 2.24) is 15.5 Å². The van der Waals surface area contributed by atoms with Crippen molar-refractivity contribution in [2.24, 2.45) is 5.92 Å². The van der Waals surface area contributed by atoms with Crippen LogP contribution in [0.1, 0.15) is 63.2 Å². The fourth-order valence-electron chi connectivity index (χ4n) is 2.65. The number of carboxylic acids is 1. The summed E-state index contributed by atoms with van der Waals surface area (Å²) in [6.45, 7) is 3.89. The van der Waals surface area contributed by atoms with E-state index in [-0.39, 0.29) is 11.8 Å². The van der Waals surface area contributed by atoms with Crippen molar-refractivity contribution in [1.29, 1.82) is 0 Å². The SMILES string of the molecule is CC(C)C(NC(=O)[C@@H]1CC[C@H](C(=O)O)O1)c1nc(C2CC2)no1. The minimum Gasteiger partial charge on any atom is -0.479 e. The molecule has 0 aromatic carbocycles. The van der Waals surface area contributed by atoms with Crippen molar-refractivity contribution in [3.05, 3.63) is 11.7 Å². The normalized spacial score (nSPS) is 25.5. The van der Waals surface area contributed by atoms with Gasteiger partial charge in [0.25, 0.3) is 0 Å². The number of hydrogen-bond acceptors (Lipinski definition) is 6. The number of aliphatic carboxylic acids is 1. The molecule has 0 radical (unpaired) electrons. The second-order valence-corrected chi connectivity index (χ2v) is 6.52. The van der Waals surface area contributed by atoms with Crippen molar-refractivity contribution in [2.45, 2.75) is 63.7 Å². The number of ether oxygens (including phenoxy) is 1. The van der Waals surface area contributed by atoms with Gasteiger partial charge in [-0.25, -0.2) is 4.79 Å². The number of carbonyl (C=O) groups excluding carboxylic acids is 1. The van der Waals surface area contributed by atoms with Crippen LogP contribution in [0.15, 0.2) is 4.52 Å². The molecule has 3 atom stereocenters. The largest absolute Gasteiger partial charge is 0.479 e. The van der Waals surface area contributed by atoms with E-state index in [1.165, 1.54) is 0 Å². The summed E-state index contributed by atoms with van der Waals surface area (Å²) in [4.78, 5) is 27.6. The Hall–Kier alpha value is -1.96. The van der Waals surface area contributed by atoms with Gasteiger partial charge in [-0.2, -0.15) is 4.98 Å². The monoisotopic (exact) mass is 323 g/mol. The Kier molecular flexibility index (Phi) is 4.34. The van der Waals surface area contributed by atoms with Crippen molar-refractivity contribution in [2.75, 3.05) is 0 Å². The quantitative estimate of drug-likeness (QED) is 0.813. The van der Waals surface area contributed by atoms with E-state index >= 15 is 0 Å². The number of carboxylic acid groups (broad SMARTS) is 1. The second kappa shape index (κ2) is 6.27. The minimum atomic E-state index is -1.04. The molecule has 8 nitrogen and oxygen atoms in total. The fourth-order valence-corrected chi connectivity index (χ4v) is 2.65. The summed E-state index contributed by atoms with van der Waals surface area (Å²) < 4.78 is 10.6. The Morgan fingerprint density at radius 1 is 1.22 bits per heavy atom. The highest BCUT2D eigenvalue weighted by molar-refractivity contribution is 5.82. The van der Waals surface area contributed by atoms with Crippen LogP contribution in [-0.2, 0) is 14.3 Å². The smallest absolute Gasteiger partial charge is 0.332 e. The van der Waals surface area contributed by atoms with Crippen LogP contribution in [0, 0.1) is 5.92 Å². The number of carbonyl (C=O) groups is 2. The maximum absolute atomic E-state index is 12.3. The standard InChI is InChI=1S/C15H21N3O5/c1-7(2)11(14-17-12(18-23-14)8-3-4-8)16-13(19)9-5-6-10(22-9)15(20)21/h7-11H,3-6H2,1-2H3,(H,16,19)(H,20,21)/t9-,10+,11?/m0/s1. The molecule has 8 heteroatoms. The first-order chi connectivity index (χ1) is 11.0. The molecular weight excluding hydrogens is 302 g/mol. The lowest BCUT2D eigenvalue weighted by Crippen LogP contribution is -2.39. The van der Waals surface area contributed by atoms with Gasteiger partial charge in [-0.05, 0) is 31.6 Å². The Bertz CT molecular complexity index is 596. The highest BCUT2D eigenvalue weighted by Crippen LogP contribution is 2.38. The van der Waals surface area contributed by atoms with Crippen LogP contribution in [0.4, 0.5) is 0 Å². The predicted octanol–water partition coefficient (Wildman–Crippen LogP) is 1.39. The molecular formula is C15H21N3O5. The third kappa shape index (κ3) is 3.52. The average molecular weight is 323 g/mol. The lowest BCUT2D eigenvalue weighted by molar-refractivity contribution is -0.152. The first-order valence-electron chi connectivity index (χ1n) is 7.98. The van der Waals surface area contributed by atoms with Crippen molar-refractivity contribution < 1.29 is 24.0 Å². The van der Waals surface area contributed by atoms with E-state index in [0.717, 1.165) is 12.8 Å². The van der Waals surface area contributed by atoms with Gasteiger partial charge in [0.1, 0.15) is 12.1 Å². The molecule has 1 aliphatic heterocycles. The molecule has 1 amide bonds. The van der Waals surface area contributed by atoms with Gasteiger partial charge in [0.2, 0.25) is 11.8 Å². The molecule has 0 spiro atoms. The van der Waals surface area contributed by atoms with Crippen LogP contribution in [0.25, 0.3) is 0 Å². The lowest BCUT2D eigenvalue weighted by Gasteiger charge is -2.20. The van der Waals surface area contributed by atoms with E-state index < -0.39 is 24.2 Å². The Labute approximate surface area is 133 Å². The highest BCUT2D eigenvalue weighted by Gasteiger charge is 2.37. The number of amides is 1. The zero-order valence-electron chi connectivity index (χ0n) is 13.2. The first-order valence-corrected chi connectivity index (χ1v) is 7.98. The van der Waals surface area contributed by atoms with Gasteiger partial charge in [0, 0.05) is 5.92 Å². The topological polar surface area (TPSA) is 115 Å². The van der Waals surface area contributed by atoms with E-state index in [4.69, 9.17) is 14.4 Å². The number of aromatic nitrogens is 2. The van der Waals surface area contributed by atoms with Crippen LogP contribution < -0.4 is 5.32 Å². The molecule has 23 heavy (non-hydrogen) atoms.